The van der Waals surface area contributed by atoms with Crippen LogP contribution < -0.4 is 5.32 Å². The Labute approximate surface area is 130 Å². The zero-order valence-corrected chi connectivity index (χ0v) is 12.8. The highest BCUT2D eigenvalue weighted by Crippen LogP contribution is 2.44. The molecule has 0 aromatic heterocycles. The number of nitrogens with one attached hydrogen (secondary N) is 1. The maximum absolute atomic E-state index is 12.3. The Morgan fingerprint density at radius 1 is 1.14 bits per heavy atom. The average molecular weight is 301 g/mol. The first kappa shape index (κ1) is 15.1. The summed E-state index contributed by atoms with van der Waals surface area (Å²) in [4.78, 5) is 23.7. The Morgan fingerprint density at radius 3 is 2.45 bits per heavy atom. The smallest absolute Gasteiger partial charge is 0.310 e. The fourth-order valence-electron chi connectivity index (χ4n) is 3.87. The lowest BCUT2D eigenvalue weighted by Gasteiger charge is -2.37. The number of rotatable bonds is 5. The molecule has 1 aromatic rings. The quantitative estimate of drug-likeness (QED) is 0.878. The van der Waals surface area contributed by atoms with Gasteiger partial charge in [-0.15, -0.1) is 0 Å². The second kappa shape index (κ2) is 6.11. The summed E-state index contributed by atoms with van der Waals surface area (Å²) in [5, 5.41) is 12.4. The molecule has 0 saturated heterocycles. The van der Waals surface area contributed by atoms with Crippen molar-refractivity contribution in [3.05, 3.63) is 35.9 Å². The van der Waals surface area contributed by atoms with Gasteiger partial charge < -0.3 is 10.4 Å². The molecule has 0 aliphatic heterocycles. The number of benzene rings is 1. The second-order valence-corrected chi connectivity index (χ2v) is 6.74. The Bertz CT molecular complexity index is 551. The van der Waals surface area contributed by atoms with Crippen molar-refractivity contribution in [2.75, 3.05) is 0 Å². The van der Waals surface area contributed by atoms with Gasteiger partial charge in [-0.25, -0.2) is 0 Å². The van der Waals surface area contributed by atoms with Gasteiger partial charge in [0.2, 0.25) is 5.91 Å². The highest BCUT2D eigenvalue weighted by atomic mass is 16.4. The van der Waals surface area contributed by atoms with Gasteiger partial charge in [0.25, 0.3) is 0 Å². The maximum atomic E-state index is 12.3. The van der Waals surface area contributed by atoms with E-state index in [-0.39, 0.29) is 18.4 Å². The van der Waals surface area contributed by atoms with E-state index in [1.54, 1.807) is 0 Å². The minimum absolute atomic E-state index is 0.102. The summed E-state index contributed by atoms with van der Waals surface area (Å²) in [6.07, 6.45) is 5.46. The van der Waals surface area contributed by atoms with E-state index in [1.165, 1.54) is 5.56 Å². The molecule has 3 rings (SSSR count). The molecule has 0 heterocycles. The van der Waals surface area contributed by atoms with Crippen LogP contribution in [-0.2, 0) is 9.59 Å². The number of aliphatic carboxylic acids is 1. The molecule has 2 atom stereocenters. The van der Waals surface area contributed by atoms with Crippen LogP contribution in [0.4, 0.5) is 0 Å². The molecule has 1 aromatic carbocycles. The van der Waals surface area contributed by atoms with Crippen LogP contribution >= 0.6 is 0 Å². The van der Waals surface area contributed by atoms with Crippen molar-refractivity contribution in [3.63, 3.8) is 0 Å². The van der Waals surface area contributed by atoms with Crippen molar-refractivity contribution < 1.29 is 14.7 Å². The predicted octanol–water partition coefficient (Wildman–Crippen LogP) is 3.08. The van der Waals surface area contributed by atoms with Crippen LogP contribution in [0.1, 0.15) is 56.4 Å². The standard InChI is InChI=1S/C18H23NO3/c20-16(12-18(17(21)22)10-5-11-18)19-15-9-4-8-14(15)13-6-2-1-3-7-13/h1-3,6-7,14-15H,4-5,8-12H2,(H,19,20)(H,21,22)/t14-,15+/m0/s1. The Morgan fingerprint density at radius 2 is 1.86 bits per heavy atom. The van der Waals surface area contributed by atoms with Crippen molar-refractivity contribution in [2.24, 2.45) is 5.41 Å². The fraction of sp³-hybridized carbons (Fsp3) is 0.556. The summed E-state index contributed by atoms with van der Waals surface area (Å²) in [5.41, 5.74) is 0.465. The van der Waals surface area contributed by atoms with E-state index in [0.29, 0.717) is 18.8 Å². The van der Waals surface area contributed by atoms with Crippen LogP contribution in [0.3, 0.4) is 0 Å². The molecular formula is C18H23NO3. The summed E-state index contributed by atoms with van der Waals surface area (Å²) >= 11 is 0. The number of carboxylic acids is 1. The lowest BCUT2D eigenvalue weighted by molar-refractivity contribution is -0.157. The zero-order valence-electron chi connectivity index (χ0n) is 12.8. The van der Waals surface area contributed by atoms with E-state index in [1.807, 2.05) is 18.2 Å². The minimum atomic E-state index is -0.820. The number of carbonyl (C=O) groups is 2. The fourth-order valence-corrected chi connectivity index (χ4v) is 3.87. The maximum Gasteiger partial charge on any atom is 0.310 e. The molecule has 22 heavy (non-hydrogen) atoms. The first-order valence-corrected chi connectivity index (χ1v) is 8.18. The minimum Gasteiger partial charge on any atom is -0.481 e. The van der Waals surface area contributed by atoms with Crippen molar-refractivity contribution in [2.45, 2.75) is 56.9 Å². The van der Waals surface area contributed by atoms with Crippen LogP contribution in [0.5, 0.6) is 0 Å². The topological polar surface area (TPSA) is 66.4 Å². The highest BCUT2D eigenvalue weighted by Gasteiger charge is 2.46. The van der Waals surface area contributed by atoms with Crippen molar-refractivity contribution in [1.29, 1.82) is 0 Å². The normalized spacial score (nSPS) is 26.2. The van der Waals surface area contributed by atoms with Crippen LogP contribution in [0.25, 0.3) is 0 Å². The van der Waals surface area contributed by atoms with Gasteiger partial charge in [-0.3, -0.25) is 9.59 Å². The highest BCUT2D eigenvalue weighted by molar-refractivity contribution is 5.85. The van der Waals surface area contributed by atoms with Crippen molar-refractivity contribution in [1.82, 2.24) is 5.32 Å². The second-order valence-electron chi connectivity index (χ2n) is 6.74. The summed E-state index contributed by atoms with van der Waals surface area (Å²) in [6, 6.07) is 10.4. The predicted molar refractivity (Wildman–Crippen MR) is 83.5 cm³/mol. The zero-order chi connectivity index (χ0) is 15.6. The third-order valence-corrected chi connectivity index (χ3v) is 5.35. The van der Waals surface area contributed by atoms with Gasteiger partial charge in [-0.05, 0) is 31.2 Å². The molecule has 4 heteroatoms. The van der Waals surface area contributed by atoms with E-state index in [9.17, 15) is 14.7 Å². The molecule has 4 nitrogen and oxygen atoms in total. The molecule has 2 fully saturated rings. The lowest BCUT2D eigenvalue weighted by atomic mass is 9.66. The van der Waals surface area contributed by atoms with Gasteiger partial charge in [0.05, 0.1) is 5.41 Å². The van der Waals surface area contributed by atoms with Crippen molar-refractivity contribution in [3.8, 4) is 0 Å². The van der Waals surface area contributed by atoms with Crippen LogP contribution in [-0.4, -0.2) is 23.0 Å². The third-order valence-electron chi connectivity index (χ3n) is 5.35. The first-order chi connectivity index (χ1) is 10.6. The summed E-state index contributed by atoms with van der Waals surface area (Å²) in [7, 11) is 0. The molecule has 2 N–H and O–H groups in total. The molecule has 0 spiro atoms. The number of hydrogen-bond acceptors (Lipinski definition) is 2. The Balaban J connectivity index is 1.62. The van der Waals surface area contributed by atoms with Gasteiger partial charge >= 0.3 is 5.97 Å². The number of amides is 1. The number of carbonyl (C=O) groups excluding carboxylic acids is 1. The van der Waals surface area contributed by atoms with E-state index in [4.69, 9.17) is 0 Å². The van der Waals surface area contributed by atoms with E-state index in [2.05, 4.69) is 17.4 Å². The number of carboxylic acid groups (broad SMARTS) is 1. The van der Waals surface area contributed by atoms with E-state index < -0.39 is 11.4 Å². The Kier molecular flexibility index (Phi) is 4.19. The molecule has 1 amide bonds. The van der Waals surface area contributed by atoms with Crippen LogP contribution in [0, 0.1) is 5.41 Å². The average Bonchev–Trinajstić information content (AvgIpc) is 2.91. The molecule has 0 unspecified atom stereocenters. The van der Waals surface area contributed by atoms with Gasteiger partial charge in [-0.2, -0.15) is 0 Å². The molecule has 2 aliphatic rings. The van der Waals surface area contributed by atoms with Crippen LogP contribution in [0.2, 0.25) is 0 Å². The summed E-state index contributed by atoms with van der Waals surface area (Å²) in [5.74, 6) is -0.567. The molecule has 2 saturated carbocycles. The summed E-state index contributed by atoms with van der Waals surface area (Å²) in [6.45, 7) is 0. The van der Waals surface area contributed by atoms with Crippen LogP contribution in [0.15, 0.2) is 30.3 Å². The van der Waals surface area contributed by atoms with Gasteiger partial charge in [0, 0.05) is 18.4 Å². The molecule has 118 valence electrons. The van der Waals surface area contributed by atoms with Crippen molar-refractivity contribution >= 4 is 11.9 Å². The molecule has 0 bridgehead atoms. The largest absolute Gasteiger partial charge is 0.481 e. The molecule has 2 aliphatic carbocycles. The SMILES string of the molecule is O=C(CC1(C(=O)O)CCC1)N[C@@H]1CCC[C@H]1c1ccccc1. The molecular weight excluding hydrogens is 278 g/mol. The molecule has 0 radical (unpaired) electrons. The lowest BCUT2D eigenvalue weighted by Crippen LogP contribution is -2.45. The van der Waals surface area contributed by atoms with Gasteiger partial charge in [0.1, 0.15) is 0 Å². The van der Waals surface area contributed by atoms with Gasteiger partial charge in [0.15, 0.2) is 0 Å². The van der Waals surface area contributed by atoms with E-state index >= 15 is 0 Å². The number of hydrogen-bond donors (Lipinski definition) is 2. The Hall–Kier alpha value is -1.84. The third kappa shape index (κ3) is 2.87. The monoisotopic (exact) mass is 301 g/mol. The van der Waals surface area contributed by atoms with E-state index in [0.717, 1.165) is 25.7 Å². The first-order valence-electron chi connectivity index (χ1n) is 8.18. The summed E-state index contributed by atoms with van der Waals surface area (Å²) < 4.78 is 0. The van der Waals surface area contributed by atoms with Gasteiger partial charge in [-0.1, -0.05) is 43.2 Å².